The van der Waals surface area contributed by atoms with E-state index in [4.69, 9.17) is 12.2 Å². The first-order valence-electron chi connectivity index (χ1n) is 8.69. The van der Waals surface area contributed by atoms with E-state index in [1.165, 1.54) is 5.56 Å². The van der Waals surface area contributed by atoms with E-state index in [2.05, 4.69) is 35.8 Å². The Balaban J connectivity index is 1.55. The van der Waals surface area contributed by atoms with Crippen molar-refractivity contribution in [3.8, 4) is 0 Å². The van der Waals surface area contributed by atoms with E-state index in [1.807, 2.05) is 35.2 Å². The predicted molar refractivity (Wildman–Crippen MR) is 107 cm³/mol. The summed E-state index contributed by atoms with van der Waals surface area (Å²) in [6.07, 6.45) is 2.61. The maximum absolute atomic E-state index is 11.9. The maximum Gasteiger partial charge on any atom is 0.227 e. The van der Waals surface area contributed by atoms with Gasteiger partial charge in [0.2, 0.25) is 5.91 Å². The van der Waals surface area contributed by atoms with Crippen LogP contribution in [0.25, 0.3) is 0 Å². The number of thiocarbonyl (C=S) groups is 1. The van der Waals surface area contributed by atoms with Crippen LogP contribution in [0, 0.1) is 0 Å². The molecule has 1 saturated heterocycles. The van der Waals surface area contributed by atoms with Crippen LogP contribution in [0.1, 0.15) is 30.9 Å². The summed E-state index contributed by atoms with van der Waals surface area (Å²) in [7, 11) is 0. The summed E-state index contributed by atoms with van der Waals surface area (Å²) in [5.41, 5.74) is 4.35. The van der Waals surface area contributed by atoms with Crippen molar-refractivity contribution in [1.29, 1.82) is 0 Å². The molecule has 2 aromatic rings. The molecule has 0 bridgehead atoms. The molecule has 1 aliphatic heterocycles. The Morgan fingerprint density at radius 2 is 1.96 bits per heavy atom. The normalized spacial score (nSPS) is 13.8. The Morgan fingerprint density at radius 1 is 1.16 bits per heavy atom. The van der Waals surface area contributed by atoms with Crippen LogP contribution in [0.15, 0.2) is 48.5 Å². The molecule has 1 fully saturated rings. The summed E-state index contributed by atoms with van der Waals surface area (Å²) in [5.74, 6) is 0.206. The Hall–Kier alpha value is -2.40. The Labute approximate surface area is 154 Å². The van der Waals surface area contributed by atoms with Crippen molar-refractivity contribution < 1.29 is 4.79 Å². The molecular weight excluding hydrogens is 330 g/mol. The van der Waals surface area contributed by atoms with Gasteiger partial charge in [0.05, 0.1) is 0 Å². The second-order valence-electron chi connectivity index (χ2n) is 6.18. The lowest BCUT2D eigenvalue weighted by Crippen LogP contribution is -2.28. The SMILES string of the molecule is CCc1ccc(NC(=S)NCc2cccc(N3CCCC3=O)c2)cc1. The van der Waals surface area contributed by atoms with Crippen LogP contribution in [-0.2, 0) is 17.8 Å². The molecule has 4 nitrogen and oxygen atoms in total. The first-order valence-corrected chi connectivity index (χ1v) is 9.09. The van der Waals surface area contributed by atoms with E-state index < -0.39 is 0 Å². The number of amides is 1. The van der Waals surface area contributed by atoms with Crippen molar-refractivity contribution in [1.82, 2.24) is 5.32 Å². The van der Waals surface area contributed by atoms with E-state index in [0.717, 1.165) is 36.3 Å². The lowest BCUT2D eigenvalue weighted by molar-refractivity contribution is -0.117. The minimum absolute atomic E-state index is 0.206. The van der Waals surface area contributed by atoms with Gasteiger partial charge in [-0.2, -0.15) is 0 Å². The van der Waals surface area contributed by atoms with Crippen molar-refractivity contribution in [2.24, 2.45) is 0 Å². The summed E-state index contributed by atoms with van der Waals surface area (Å²) in [5, 5.41) is 7.01. The van der Waals surface area contributed by atoms with Gasteiger partial charge in [-0.25, -0.2) is 0 Å². The molecule has 0 saturated carbocycles. The van der Waals surface area contributed by atoms with E-state index in [-0.39, 0.29) is 5.91 Å². The molecule has 0 radical (unpaired) electrons. The highest BCUT2D eigenvalue weighted by molar-refractivity contribution is 7.80. The van der Waals surface area contributed by atoms with Gasteiger partial charge >= 0.3 is 0 Å². The standard InChI is InChI=1S/C20H23N3OS/c1-2-15-8-10-17(11-9-15)22-20(25)21-14-16-5-3-6-18(13-16)23-12-4-7-19(23)24/h3,5-6,8-11,13H,2,4,7,12,14H2,1H3,(H2,21,22,25). The summed E-state index contributed by atoms with van der Waals surface area (Å²) < 4.78 is 0. The molecule has 0 atom stereocenters. The Bertz CT molecular complexity index is 758. The average molecular weight is 353 g/mol. The van der Waals surface area contributed by atoms with Crippen LogP contribution < -0.4 is 15.5 Å². The fourth-order valence-corrected chi connectivity index (χ4v) is 3.13. The number of aryl methyl sites for hydroxylation is 1. The number of carbonyl (C=O) groups is 1. The number of hydrogen-bond acceptors (Lipinski definition) is 2. The van der Waals surface area contributed by atoms with Crippen LogP contribution in [-0.4, -0.2) is 17.6 Å². The van der Waals surface area contributed by atoms with Gasteiger partial charge in [0.15, 0.2) is 5.11 Å². The van der Waals surface area contributed by atoms with E-state index in [1.54, 1.807) is 0 Å². The highest BCUT2D eigenvalue weighted by Crippen LogP contribution is 2.22. The number of carbonyl (C=O) groups excluding carboxylic acids is 1. The van der Waals surface area contributed by atoms with Crippen molar-refractivity contribution in [3.63, 3.8) is 0 Å². The molecule has 130 valence electrons. The third-order valence-electron chi connectivity index (χ3n) is 4.37. The molecule has 0 aliphatic carbocycles. The molecule has 0 aromatic heterocycles. The zero-order valence-corrected chi connectivity index (χ0v) is 15.2. The fraction of sp³-hybridized carbons (Fsp3) is 0.300. The summed E-state index contributed by atoms with van der Waals surface area (Å²) >= 11 is 5.37. The zero-order chi connectivity index (χ0) is 17.6. The van der Waals surface area contributed by atoms with Crippen LogP contribution in [0.4, 0.5) is 11.4 Å². The van der Waals surface area contributed by atoms with Crippen molar-refractivity contribution in [2.75, 3.05) is 16.8 Å². The Morgan fingerprint density at radius 3 is 2.64 bits per heavy atom. The molecule has 1 amide bonds. The van der Waals surface area contributed by atoms with Crippen LogP contribution in [0.5, 0.6) is 0 Å². The van der Waals surface area contributed by atoms with Gasteiger partial charge in [-0.3, -0.25) is 4.79 Å². The van der Waals surface area contributed by atoms with Gasteiger partial charge in [0, 0.05) is 30.9 Å². The van der Waals surface area contributed by atoms with Crippen molar-refractivity contribution >= 4 is 34.6 Å². The van der Waals surface area contributed by atoms with E-state index >= 15 is 0 Å². The monoisotopic (exact) mass is 353 g/mol. The molecule has 1 aliphatic rings. The molecule has 2 N–H and O–H groups in total. The topological polar surface area (TPSA) is 44.4 Å². The third kappa shape index (κ3) is 4.57. The van der Waals surface area contributed by atoms with Gasteiger partial charge < -0.3 is 15.5 Å². The zero-order valence-electron chi connectivity index (χ0n) is 14.4. The number of nitrogens with one attached hydrogen (secondary N) is 2. The Kier molecular flexibility index (Phi) is 5.66. The van der Waals surface area contributed by atoms with Crippen LogP contribution in [0.3, 0.4) is 0 Å². The highest BCUT2D eigenvalue weighted by atomic mass is 32.1. The van der Waals surface area contributed by atoms with Gasteiger partial charge in [-0.05, 0) is 60.5 Å². The first kappa shape index (κ1) is 17.4. The van der Waals surface area contributed by atoms with Crippen LogP contribution >= 0.6 is 12.2 Å². The average Bonchev–Trinajstić information content (AvgIpc) is 3.07. The highest BCUT2D eigenvalue weighted by Gasteiger charge is 2.21. The van der Waals surface area contributed by atoms with E-state index in [9.17, 15) is 4.79 Å². The lowest BCUT2D eigenvalue weighted by Gasteiger charge is -2.17. The smallest absolute Gasteiger partial charge is 0.227 e. The van der Waals surface area contributed by atoms with Gasteiger partial charge in [-0.1, -0.05) is 31.2 Å². The molecule has 0 spiro atoms. The van der Waals surface area contributed by atoms with Crippen molar-refractivity contribution in [2.45, 2.75) is 32.7 Å². The minimum atomic E-state index is 0.206. The number of benzene rings is 2. The lowest BCUT2D eigenvalue weighted by atomic mass is 10.1. The number of anilines is 2. The summed E-state index contributed by atoms with van der Waals surface area (Å²) in [6, 6.07) is 16.3. The second-order valence-corrected chi connectivity index (χ2v) is 6.59. The summed E-state index contributed by atoms with van der Waals surface area (Å²) in [4.78, 5) is 13.7. The molecule has 0 unspecified atom stereocenters. The van der Waals surface area contributed by atoms with Gasteiger partial charge in [0.1, 0.15) is 0 Å². The predicted octanol–water partition coefficient (Wildman–Crippen LogP) is 3.86. The number of rotatable bonds is 5. The molecule has 25 heavy (non-hydrogen) atoms. The fourth-order valence-electron chi connectivity index (χ4n) is 2.94. The minimum Gasteiger partial charge on any atom is -0.358 e. The number of hydrogen-bond donors (Lipinski definition) is 2. The maximum atomic E-state index is 11.9. The molecule has 5 heteroatoms. The summed E-state index contributed by atoms with van der Waals surface area (Å²) in [6.45, 7) is 3.57. The number of nitrogens with zero attached hydrogens (tertiary/aromatic N) is 1. The quantitative estimate of drug-likeness (QED) is 0.801. The molecular formula is C20H23N3OS. The molecule has 3 rings (SSSR count). The van der Waals surface area contributed by atoms with Gasteiger partial charge in [-0.15, -0.1) is 0 Å². The third-order valence-corrected chi connectivity index (χ3v) is 4.62. The van der Waals surface area contributed by atoms with E-state index in [0.29, 0.717) is 18.1 Å². The van der Waals surface area contributed by atoms with Crippen LogP contribution in [0.2, 0.25) is 0 Å². The first-order chi connectivity index (χ1) is 12.2. The largest absolute Gasteiger partial charge is 0.358 e. The molecule has 2 aromatic carbocycles. The molecule has 1 heterocycles. The van der Waals surface area contributed by atoms with Gasteiger partial charge in [0.25, 0.3) is 0 Å². The second kappa shape index (κ2) is 8.12. The van der Waals surface area contributed by atoms with Crippen molar-refractivity contribution in [3.05, 3.63) is 59.7 Å².